The number of Topliss-reactive ketones (excluding diaryl/α,β-unsaturated/α-hetero) is 1. The van der Waals surface area contributed by atoms with Crippen LogP contribution in [0.25, 0.3) is 0 Å². The van der Waals surface area contributed by atoms with E-state index in [1.807, 2.05) is 0 Å². The van der Waals surface area contributed by atoms with Crippen LogP contribution >= 0.6 is 20.0 Å². The Balaban J connectivity index is 1.83. The molecule has 1 aromatic carbocycles. The highest BCUT2D eigenvalue weighted by molar-refractivity contribution is 7.80. The van der Waals surface area contributed by atoms with Gasteiger partial charge < -0.3 is 60.8 Å². The Labute approximate surface area is 496 Å². The third-order valence-corrected chi connectivity index (χ3v) is 14.4. The number of hydrogen-bond acceptors (Lipinski definition) is 20. The number of methoxy groups -OCH3 is 1. The monoisotopic (exact) mass is 1230 g/mol. The molecular weight excluding hydrogens is 1140 g/mol. The van der Waals surface area contributed by atoms with Gasteiger partial charge in [0.15, 0.2) is 17.0 Å². The number of aliphatic carboxylic acids is 4. The van der Waals surface area contributed by atoms with E-state index in [2.05, 4.69) is 28.2 Å². The lowest BCUT2D eigenvalue weighted by Gasteiger charge is -2.35. The summed E-state index contributed by atoms with van der Waals surface area (Å²) in [6, 6.07) is 3.06. The van der Waals surface area contributed by atoms with Gasteiger partial charge in [0.25, 0.3) is 0 Å². The molecule has 9 N–H and O–H groups in total. The normalized spacial score (nSPS) is 15.4. The van der Waals surface area contributed by atoms with Crippen LogP contribution in [-0.2, 0) is 66.2 Å². The van der Waals surface area contributed by atoms with Gasteiger partial charge >= 0.3 is 43.6 Å². The smallest absolute Gasteiger partial charge is 0.472 e. The number of carbonyl (C=O) groups is 9. The van der Waals surface area contributed by atoms with Gasteiger partial charge in [0.05, 0.1) is 59.6 Å². The molecule has 28 nitrogen and oxygen atoms in total. The number of carboxylic acid groups (broad SMARTS) is 4. The minimum absolute atomic E-state index is 0.0101. The highest BCUT2D eigenvalue weighted by Gasteiger charge is 2.33. The first-order chi connectivity index (χ1) is 40.0. The van der Waals surface area contributed by atoms with Gasteiger partial charge in [-0.05, 0) is 43.3 Å². The van der Waals surface area contributed by atoms with E-state index < -0.39 is 126 Å². The first kappa shape index (κ1) is 74.2. The lowest BCUT2D eigenvalue weighted by Crippen LogP contribution is -2.49. The molecule has 0 spiro atoms. The van der Waals surface area contributed by atoms with Crippen molar-refractivity contribution in [3.63, 3.8) is 0 Å². The van der Waals surface area contributed by atoms with Gasteiger partial charge in [-0.15, -0.1) is 0 Å². The second-order valence-electron chi connectivity index (χ2n) is 20.3. The first-order valence-corrected chi connectivity index (χ1v) is 30.4. The molecule has 0 radical (unpaired) electrons. The van der Waals surface area contributed by atoms with Crippen molar-refractivity contribution < 1.29 is 96.3 Å². The van der Waals surface area contributed by atoms with E-state index in [1.54, 1.807) is 19.6 Å². The van der Waals surface area contributed by atoms with E-state index in [1.165, 1.54) is 76.7 Å². The number of ether oxygens (including phenoxy) is 3. The number of hydrogen-bond donors (Lipinski definition) is 9. The van der Waals surface area contributed by atoms with Gasteiger partial charge in [-0.3, -0.25) is 71.8 Å². The summed E-state index contributed by atoms with van der Waals surface area (Å²) >= 11 is 5.38. The van der Waals surface area contributed by atoms with Crippen LogP contribution < -0.4 is 26.0 Å². The summed E-state index contributed by atoms with van der Waals surface area (Å²) < 4.78 is 38.4. The minimum Gasteiger partial charge on any atom is -0.496 e. The summed E-state index contributed by atoms with van der Waals surface area (Å²) in [6.45, 7) is -0.00334. The molecule has 1 aliphatic rings. The third-order valence-electron chi connectivity index (χ3n) is 13.2. The summed E-state index contributed by atoms with van der Waals surface area (Å²) in [6.07, 6.45) is 13.6. The van der Waals surface area contributed by atoms with Gasteiger partial charge in [0, 0.05) is 83.4 Å². The number of ketones is 1. The molecule has 0 aromatic heterocycles. The number of esters is 2. The Bertz CT molecular complexity index is 2270. The zero-order chi connectivity index (χ0) is 62.3. The van der Waals surface area contributed by atoms with Crippen LogP contribution in [0, 0.1) is 0 Å². The summed E-state index contributed by atoms with van der Waals surface area (Å²) in [4.78, 5) is 126. The van der Waals surface area contributed by atoms with Crippen molar-refractivity contribution in [3.8, 4) is 5.75 Å². The topological polar surface area (TPSA) is 379 Å². The van der Waals surface area contributed by atoms with Gasteiger partial charge in [-0.25, -0.2) is 4.57 Å². The third kappa shape index (κ3) is 35.4. The number of thiocarbonyl (C=S) groups is 1. The maximum Gasteiger partial charge on any atom is 0.472 e. The van der Waals surface area contributed by atoms with Crippen LogP contribution in [0.15, 0.2) is 18.2 Å². The highest BCUT2D eigenvalue weighted by Crippen LogP contribution is 2.43. The fraction of sp³-hybridized carbons (Fsp3) is 0.704. The van der Waals surface area contributed by atoms with E-state index in [0.29, 0.717) is 6.42 Å². The molecule has 2 rings (SSSR count). The molecule has 1 aromatic rings. The average molecular weight is 1230 g/mol. The molecule has 0 saturated carbocycles. The van der Waals surface area contributed by atoms with Gasteiger partial charge in [-0.2, -0.15) is 0 Å². The van der Waals surface area contributed by atoms with Crippen LogP contribution in [-0.4, -0.2) is 228 Å². The number of amides is 2. The standard InChI is InChI=1S/C54H89N8O20PS/c1-4-5-6-7-8-9-10-11-12-13-14-15-16-19-51(73)82-43(38-79-40(2)63)39-81-83(76,77)80-30-17-18-42(64)32-55-46(65)33-56-47(66)34-57-54(84)58-41-20-21-45(78-3)44(31-41)52(53(74)75)62-28-26-60(36-49(69)70)24-22-59(35-48(67)68)23-25-61(27-29-62)37-50(71)72/h20-21,31,43,52H,4-19,22-30,32-39H2,1-3H3,(H,55,65)(H,56,66)(H,67,68)(H,69,70)(H,71,72)(H,74,75)(H,76,77)(H2,57,58,84). The summed E-state index contributed by atoms with van der Waals surface area (Å²) in [7, 11) is -3.36. The predicted molar refractivity (Wildman–Crippen MR) is 310 cm³/mol. The number of unbranched alkanes of at least 4 members (excludes halogenated alkanes) is 12. The first-order valence-electron chi connectivity index (χ1n) is 28.5. The van der Waals surface area contributed by atoms with Gasteiger partial charge in [0.2, 0.25) is 11.8 Å². The lowest BCUT2D eigenvalue weighted by molar-refractivity contribution is -0.160. The number of benzene rings is 1. The van der Waals surface area contributed by atoms with Crippen molar-refractivity contribution in [2.24, 2.45) is 0 Å². The quantitative estimate of drug-likeness (QED) is 0.0196. The van der Waals surface area contributed by atoms with Crippen LogP contribution in [0.2, 0.25) is 0 Å². The van der Waals surface area contributed by atoms with Crippen LogP contribution in [0.3, 0.4) is 0 Å². The number of carboxylic acids is 4. The maximum atomic E-state index is 13.2. The van der Waals surface area contributed by atoms with Crippen LogP contribution in [0.5, 0.6) is 5.75 Å². The van der Waals surface area contributed by atoms with Gasteiger partial charge in [-0.1, -0.05) is 84.0 Å². The molecule has 84 heavy (non-hydrogen) atoms. The molecular formula is C54H89N8O20PS. The number of carbonyl (C=O) groups excluding carboxylic acids is 5. The molecule has 3 unspecified atom stereocenters. The van der Waals surface area contributed by atoms with E-state index >= 15 is 0 Å². The average Bonchev–Trinajstić information content (AvgIpc) is 2.71. The number of nitrogens with zero attached hydrogens (tertiary/aromatic N) is 4. The van der Waals surface area contributed by atoms with Gasteiger partial charge in [0.1, 0.15) is 18.4 Å². The number of phosphoric acid groups is 1. The molecule has 1 aliphatic heterocycles. The molecule has 1 fully saturated rings. The predicted octanol–water partition coefficient (Wildman–Crippen LogP) is 3.25. The van der Waals surface area contributed by atoms with E-state index in [0.717, 1.165) is 32.6 Å². The summed E-state index contributed by atoms with van der Waals surface area (Å²) in [5.41, 5.74) is 0.423. The number of rotatable bonds is 42. The van der Waals surface area contributed by atoms with Crippen molar-refractivity contribution in [1.29, 1.82) is 0 Å². The molecule has 1 heterocycles. The molecule has 0 aliphatic carbocycles. The van der Waals surface area contributed by atoms with E-state index in [-0.39, 0.29) is 100 Å². The summed E-state index contributed by atoms with van der Waals surface area (Å²) in [5, 5.41) is 49.7. The molecule has 3 atom stereocenters. The SMILES string of the molecule is CCCCCCCCCCCCCCCC(=O)OC(COC(C)=O)COP(=O)(O)OCCCC(=O)CNC(=O)CNC(=O)CNC(=S)Nc1ccc(OC)c(C(C(=O)O)N2CCN(CC(=O)O)CCN(CC(=O)O)CCN(CC(=O)O)CC2)c1. The largest absolute Gasteiger partial charge is 0.496 e. The van der Waals surface area contributed by atoms with Crippen molar-refractivity contribution in [2.75, 3.05) is 124 Å². The lowest BCUT2D eigenvalue weighted by atomic mass is 10.0. The van der Waals surface area contributed by atoms with E-state index in [9.17, 15) is 73.0 Å². The number of anilines is 1. The van der Waals surface area contributed by atoms with Crippen molar-refractivity contribution >= 4 is 84.3 Å². The second-order valence-corrected chi connectivity index (χ2v) is 22.1. The van der Waals surface area contributed by atoms with E-state index in [4.69, 9.17) is 35.5 Å². The minimum atomic E-state index is -4.70. The fourth-order valence-electron chi connectivity index (χ4n) is 8.82. The van der Waals surface area contributed by atoms with Crippen LogP contribution in [0.1, 0.15) is 128 Å². The second kappa shape index (κ2) is 42.8. The zero-order valence-electron chi connectivity index (χ0n) is 48.7. The summed E-state index contributed by atoms with van der Waals surface area (Å²) in [5.74, 6) is -7.63. The zero-order valence-corrected chi connectivity index (χ0v) is 50.4. The molecule has 2 amide bonds. The molecule has 0 bridgehead atoms. The molecule has 476 valence electrons. The van der Waals surface area contributed by atoms with Crippen molar-refractivity contribution in [2.45, 2.75) is 129 Å². The Morgan fingerprint density at radius 3 is 1.61 bits per heavy atom. The Hall–Kier alpha value is -5.91. The van der Waals surface area contributed by atoms with Crippen molar-refractivity contribution in [3.05, 3.63) is 23.8 Å². The number of phosphoric ester groups is 1. The highest BCUT2D eigenvalue weighted by atomic mass is 32.1. The Morgan fingerprint density at radius 2 is 1.12 bits per heavy atom. The Kier molecular flexibility index (Phi) is 37.8. The van der Waals surface area contributed by atoms with Crippen molar-refractivity contribution in [1.82, 2.24) is 35.6 Å². The molecule has 30 heteroatoms. The Morgan fingerprint density at radius 1 is 0.631 bits per heavy atom. The molecule has 1 saturated heterocycles. The maximum absolute atomic E-state index is 13.2. The van der Waals surface area contributed by atoms with Crippen LogP contribution in [0.4, 0.5) is 5.69 Å². The number of nitrogens with one attached hydrogen (secondary N) is 4. The fourth-order valence-corrected chi connectivity index (χ4v) is 9.80.